The molecule has 0 saturated heterocycles. The number of aromatic nitrogens is 1. The van der Waals surface area contributed by atoms with E-state index in [-0.39, 0.29) is 11.6 Å². The minimum Gasteiger partial charge on any atom is -0.478 e. The number of carboxylic acids is 1. The molecule has 1 heterocycles. The number of carboxylic acid groups (broad SMARTS) is 1. The van der Waals surface area contributed by atoms with Crippen LogP contribution in [0.1, 0.15) is 41.0 Å². The SMILES string of the molecule is CCC(Nc1cc(C)ncc1C(=O)O)c1ccccc1. The molecule has 1 atom stereocenters. The van der Waals surface area contributed by atoms with Crippen molar-refractivity contribution in [3.05, 3.63) is 59.4 Å². The van der Waals surface area contributed by atoms with Gasteiger partial charge in [0.05, 0.1) is 11.7 Å². The van der Waals surface area contributed by atoms with E-state index in [4.69, 9.17) is 0 Å². The third-order valence-corrected chi connectivity index (χ3v) is 3.21. The van der Waals surface area contributed by atoms with Gasteiger partial charge < -0.3 is 10.4 Å². The molecule has 4 heteroatoms. The lowest BCUT2D eigenvalue weighted by atomic mass is 10.0. The summed E-state index contributed by atoms with van der Waals surface area (Å²) in [5.74, 6) is -0.970. The maximum Gasteiger partial charge on any atom is 0.339 e. The lowest BCUT2D eigenvalue weighted by Crippen LogP contribution is -2.13. The molecule has 0 radical (unpaired) electrons. The number of hydrogen-bond acceptors (Lipinski definition) is 3. The molecule has 0 aliphatic carbocycles. The topological polar surface area (TPSA) is 62.2 Å². The van der Waals surface area contributed by atoms with Crippen LogP contribution in [0.15, 0.2) is 42.6 Å². The molecule has 1 aromatic heterocycles. The van der Waals surface area contributed by atoms with Crippen molar-refractivity contribution in [2.75, 3.05) is 5.32 Å². The van der Waals surface area contributed by atoms with Crippen LogP contribution >= 0.6 is 0 Å². The average molecular weight is 270 g/mol. The number of benzene rings is 1. The van der Waals surface area contributed by atoms with Gasteiger partial charge in [-0.05, 0) is 25.0 Å². The summed E-state index contributed by atoms with van der Waals surface area (Å²) in [6.07, 6.45) is 2.27. The van der Waals surface area contributed by atoms with Crippen LogP contribution in [0.25, 0.3) is 0 Å². The summed E-state index contributed by atoms with van der Waals surface area (Å²) in [5, 5.41) is 12.5. The maximum absolute atomic E-state index is 11.3. The minimum absolute atomic E-state index is 0.0797. The van der Waals surface area contributed by atoms with E-state index in [0.29, 0.717) is 5.69 Å². The molecular weight excluding hydrogens is 252 g/mol. The molecule has 4 nitrogen and oxygen atoms in total. The Balaban J connectivity index is 2.32. The molecule has 0 spiro atoms. The zero-order valence-corrected chi connectivity index (χ0v) is 11.6. The van der Waals surface area contributed by atoms with Crippen LogP contribution < -0.4 is 5.32 Å². The fourth-order valence-corrected chi connectivity index (χ4v) is 2.14. The Morgan fingerprint density at radius 1 is 1.35 bits per heavy atom. The van der Waals surface area contributed by atoms with Crippen molar-refractivity contribution in [3.8, 4) is 0 Å². The first kappa shape index (κ1) is 14.1. The van der Waals surface area contributed by atoms with Gasteiger partial charge in [0.25, 0.3) is 0 Å². The highest BCUT2D eigenvalue weighted by molar-refractivity contribution is 5.93. The van der Waals surface area contributed by atoms with Crippen LogP contribution in [0.3, 0.4) is 0 Å². The highest BCUT2D eigenvalue weighted by Gasteiger charge is 2.15. The second-order valence-corrected chi connectivity index (χ2v) is 4.69. The lowest BCUT2D eigenvalue weighted by molar-refractivity contribution is 0.0697. The number of rotatable bonds is 5. The third kappa shape index (κ3) is 3.15. The molecule has 1 unspecified atom stereocenters. The molecule has 1 aromatic carbocycles. The standard InChI is InChI=1S/C16H18N2O2/c1-3-14(12-7-5-4-6-8-12)18-15-9-11(2)17-10-13(15)16(19)20/h4-10,14H,3H2,1-2H3,(H,17,18)(H,19,20). The first-order valence-electron chi connectivity index (χ1n) is 6.63. The number of aromatic carboxylic acids is 1. The van der Waals surface area contributed by atoms with E-state index in [1.54, 1.807) is 6.07 Å². The fourth-order valence-electron chi connectivity index (χ4n) is 2.14. The smallest absolute Gasteiger partial charge is 0.339 e. The first-order valence-corrected chi connectivity index (χ1v) is 6.63. The van der Waals surface area contributed by atoms with Crippen LogP contribution in [-0.4, -0.2) is 16.1 Å². The van der Waals surface area contributed by atoms with E-state index < -0.39 is 5.97 Å². The fraction of sp³-hybridized carbons (Fsp3) is 0.250. The highest BCUT2D eigenvalue weighted by atomic mass is 16.4. The van der Waals surface area contributed by atoms with Crippen molar-refractivity contribution < 1.29 is 9.90 Å². The Kier molecular flexibility index (Phi) is 4.35. The summed E-state index contributed by atoms with van der Waals surface area (Å²) < 4.78 is 0. The predicted molar refractivity (Wildman–Crippen MR) is 79.0 cm³/mol. The monoisotopic (exact) mass is 270 g/mol. The van der Waals surface area contributed by atoms with E-state index >= 15 is 0 Å². The Hall–Kier alpha value is -2.36. The maximum atomic E-state index is 11.3. The summed E-state index contributed by atoms with van der Waals surface area (Å²) in [6.45, 7) is 3.92. The number of carbonyl (C=O) groups is 1. The van der Waals surface area contributed by atoms with Gasteiger partial charge in [-0.15, -0.1) is 0 Å². The van der Waals surface area contributed by atoms with Crippen LogP contribution in [0.5, 0.6) is 0 Å². The molecule has 2 rings (SSSR count). The molecule has 0 amide bonds. The van der Waals surface area contributed by atoms with E-state index in [1.807, 2.05) is 37.3 Å². The normalized spacial score (nSPS) is 11.9. The molecule has 0 fully saturated rings. The Morgan fingerprint density at radius 3 is 2.65 bits per heavy atom. The Morgan fingerprint density at radius 2 is 2.05 bits per heavy atom. The third-order valence-electron chi connectivity index (χ3n) is 3.21. The van der Waals surface area contributed by atoms with Gasteiger partial charge in [0, 0.05) is 11.9 Å². The zero-order valence-electron chi connectivity index (χ0n) is 11.6. The van der Waals surface area contributed by atoms with Gasteiger partial charge in [0.2, 0.25) is 0 Å². The summed E-state index contributed by atoms with van der Waals surface area (Å²) in [6, 6.07) is 11.9. The van der Waals surface area contributed by atoms with Gasteiger partial charge in [-0.2, -0.15) is 0 Å². The van der Waals surface area contributed by atoms with Gasteiger partial charge in [0.1, 0.15) is 5.56 Å². The number of nitrogens with zero attached hydrogens (tertiary/aromatic N) is 1. The van der Waals surface area contributed by atoms with E-state index in [1.165, 1.54) is 6.20 Å². The average Bonchev–Trinajstić information content (AvgIpc) is 2.45. The summed E-state index contributed by atoms with van der Waals surface area (Å²) in [5.41, 5.74) is 2.74. The van der Waals surface area contributed by atoms with Crippen molar-refractivity contribution in [3.63, 3.8) is 0 Å². The van der Waals surface area contributed by atoms with Crippen molar-refractivity contribution in [2.45, 2.75) is 26.3 Å². The molecular formula is C16H18N2O2. The van der Waals surface area contributed by atoms with Crippen molar-refractivity contribution >= 4 is 11.7 Å². The quantitative estimate of drug-likeness (QED) is 0.870. The van der Waals surface area contributed by atoms with Crippen LogP contribution in [0.2, 0.25) is 0 Å². The molecule has 0 aliphatic rings. The Labute approximate surface area is 118 Å². The number of pyridine rings is 1. The van der Waals surface area contributed by atoms with Gasteiger partial charge in [0.15, 0.2) is 0 Å². The van der Waals surface area contributed by atoms with Gasteiger partial charge in [-0.25, -0.2) is 4.79 Å². The molecule has 2 N–H and O–H groups in total. The van der Waals surface area contributed by atoms with Gasteiger partial charge >= 0.3 is 5.97 Å². The molecule has 0 bridgehead atoms. The Bertz CT molecular complexity index is 597. The number of aryl methyl sites for hydroxylation is 1. The number of anilines is 1. The lowest BCUT2D eigenvalue weighted by Gasteiger charge is -2.20. The van der Waals surface area contributed by atoms with Gasteiger partial charge in [-0.3, -0.25) is 4.98 Å². The highest BCUT2D eigenvalue weighted by Crippen LogP contribution is 2.25. The van der Waals surface area contributed by atoms with Crippen molar-refractivity contribution in [1.82, 2.24) is 4.98 Å². The second-order valence-electron chi connectivity index (χ2n) is 4.69. The number of hydrogen-bond donors (Lipinski definition) is 2. The number of nitrogens with one attached hydrogen (secondary N) is 1. The first-order chi connectivity index (χ1) is 9.61. The van der Waals surface area contributed by atoms with E-state index in [0.717, 1.165) is 17.7 Å². The van der Waals surface area contributed by atoms with Crippen molar-refractivity contribution in [1.29, 1.82) is 0 Å². The van der Waals surface area contributed by atoms with Crippen molar-refractivity contribution in [2.24, 2.45) is 0 Å². The zero-order chi connectivity index (χ0) is 14.5. The largest absolute Gasteiger partial charge is 0.478 e. The minimum atomic E-state index is -0.970. The summed E-state index contributed by atoms with van der Waals surface area (Å²) >= 11 is 0. The van der Waals surface area contributed by atoms with Crippen LogP contribution in [-0.2, 0) is 0 Å². The van der Waals surface area contributed by atoms with Crippen LogP contribution in [0, 0.1) is 6.92 Å². The molecule has 0 aliphatic heterocycles. The van der Waals surface area contributed by atoms with Gasteiger partial charge in [-0.1, -0.05) is 37.3 Å². The van der Waals surface area contributed by atoms with Crippen LogP contribution in [0.4, 0.5) is 5.69 Å². The molecule has 104 valence electrons. The summed E-state index contributed by atoms with van der Waals surface area (Å²) in [7, 11) is 0. The van der Waals surface area contributed by atoms with E-state index in [9.17, 15) is 9.90 Å². The molecule has 0 saturated carbocycles. The molecule has 2 aromatic rings. The predicted octanol–water partition coefficient (Wildman–Crippen LogP) is 3.65. The summed E-state index contributed by atoms with van der Waals surface area (Å²) in [4.78, 5) is 15.3. The molecule has 20 heavy (non-hydrogen) atoms. The second kappa shape index (κ2) is 6.19. The van der Waals surface area contributed by atoms with E-state index in [2.05, 4.69) is 17.2 Å².